The fourth-order valence-corrected chi connectivity index (χ4v) is 2.57. The van der Waals surface area contributed by atoms with Crippen LogP contribution in [0.5, 0.6) is 0 Å². The molecule has 0 saturated carbocycles. The molecule has 1 atom stereocenters. The molecule has 5 nitrogen and oxygen atoms in total. The van der Waals surface area contributed by atoms with Gasteiger partial charge in [-0.25, -0.2) is 0 Å². The van der Waals surface area contributed by atoms with Crippen LogP contribution in [-0.4, -0.2) is 16.1 Å². The SMILES string of the molecule is O=C1NC(c2ccco2)c2c(-c3ccccc3)n[nH]c21. The summed E-state index contributed by atoms with van der Waals surface area (Å²) >= 11 is 0. The number of hydrogen-bond acceptors (Lipinski definition) is 3. The minimum Gasteiger partial charge on any atom is -0.467 e. The molecule has 98 valence electrons. The molecule has 2 aromatic heterocycles. The fraction of sp³-hybridized carbons (Fsp3) is 0.0667. The summed E-state index contributed by atoms with van der Waals surface area (Å²) in [4.78, 5) is 12.0. The molecule has 0 fully saturated rings. The monoisotopic (exact) mass is 265 g/mol. The number of benzene rings is 1. The van der Waals surface area contributed by atoms with E-state index in [1.807, 2.05) is 42.5 Å². The number of fused-ring (bicyclic) bond motifs is 1. The number of rotatable bonds is 2. The second-order valence-electron chi connectivity index (χ2n) is 4.65. The molecule has 3 aromatic rings. The average molecular weight is 265 g/mol. The molecule has 4 rings (SSSR count). The van der Waals surface area contributed by atoms with Crippen molar-refractivity contribution in [3.63, 3.8) is 0 Å². The van der Waals surface area contributed by atoms with E-state index in [2.05, 4.69) is 15.5 Å². The first-order valence-electron chi connectivity index (χ1n) is 6.32. The van der Waals surface area contributed by atoms with Gasteiger partial charge in [-0.05, 0) is 12.1 Å². The highest BCUT2D eigenvalue weighted by molar-refractivity contribution is 5.99. The van der Waals surface area contributed by atoms with Crippen molar-refractivity contribution in [2.24, 2.45) is 0 Å². The lowest BCUT2D eigenvalue weighted by atomic mass is 10.0. The fourth-order valence-electron chi connectivity index (χ4n) is 2.57. The van der Waals surface area contributed by atoms with Crippen LogP contribution in [0.2, 0.25) is 0 Å². The standard InChI is InChI=1S/C15H11N3O2/c19-15-14-11(13(16-15)10-7-4-8-20-10)12(17-18-14)9-5-2-1-3-6-9/h1-8,13H,(H,16,19)(H,17,18). The van der Waals surface area contributed by atoms with Gasteiger partial charge in [0.2, 0.25) is 0 Å². The smallest absolute Gasteiger partial charge is 0.270 e. The van der Waals surface area contributed by atoms with Crippen LogP contribution in [0.25, 0.3) is 11.3 Å². The summed E-state index contributed by atoms with van der Waals surface area (Å²) in [7, 11) is 0. The van der Waals surface area contributed by atoms with Crippen LogP contribution < -0.4 is 5.32 Å². The van der Waals surface area contributed by atoms with E-state index < -0.39 is 0 Å². The van der Waals surface area contributed by atoms with Crippen LogP contribution in [0.3, 0.4) is 0 Å². The van der Waals surface area contributed by atoms with E-state index in [0.29, 0.717) is 11.5 Å². The molecule has 1 amide bonds. The van der Waals surface area contributed by atoms with Crippen molar-refractivity contribution in [1.29, 1.82) is 0 Å². The maximum absolute atomic E-state index is 12.0. The quantitative estimate of drug-likeness (QED) is 0.747. The maximum atomic E-state index is 12.0. The molecule has 0 bridgehead atoms. The van der Waals surface area contributed by atoms with E-state index in [-0.39, 0.29) is 11.9 Å². The Morgan fingerprint density at radius 2 is 1.95 bits per heavy atom. The van der Waals surface area contributed by atoms with E-state index in [1.54, 1.807) is 6.26 Å². The number of hydrogen-bond donors (Lipinski definition) is 2. The van der Waals surface area contributed by atoms with Crippen molar-refractivity contribution >= 4 is 5.91 Å². The van der Waals surface area contributed by atoms with E-state index in [4.69, 9.17) is 4.42 Å². The van der Waals surface area contributed by atoms with Crippen LogP contribution in [-0.2, 0) is 0 Å². The third kappa shape index (κ3) is 1.50. The van der Waals surface area contributed by atoms with Gasteiger partial charge in [-0.1, -0.05) is 30.3 Å². The predicted octanol–water partition coefficient (Wildman–Crippen LogP) is 2.50. The number of nitrogens with zero attached hydrogens (tertiary/aromatic N) is 1. The van der Waals surface area contributed by atoms with Gasteiger partial charge in [-0.15, -0.1) is 0 Å². The minimum atomic E-state index is -0.290. The van der Waals surface area contributed by atoms with Gasteiger partial charge in [0.25, 0.3) is 5.91 Å². The first-order valence-corrected chi connectivity index (χ1v) is 6.32. The predicted molar refractivity (Wildman–Crippen MR) is 72.0 cm³/mol. The first-order chi connectivity index (χ1) is 9.84. The zero-order valence-electron chi connectivity index (χ0n) is 10.5. The molecule has 1 aliphatic rings. The van der Waals surface area contributed by atoms with E-state index >= 15 is 0 Å². The van der Waals surface area contributed by atoms with Crippen molar-refractivity contribution in [3.05, 3.63) is 65.7 Å². The Morgan fingerprint density at radius 1 is 1.10 bits per heavy atom. The molecule has 5 heteroatoms. The molecule has 0 saturated heterocycles. The number of H-pyrrole nitrogens is 1. The van der Waals surface area contributed by atoms with Crippen molar-refractivity contribution < 1.29 is 9.21 Å². The van der Waals surface area contributed by atoms with Crippen molar-refractivity contribution in [2.75, 3.05) is 0 Å². The minimum absolute atomic E-state index is 0.156. The lowest BCUT2D eigenvalue weighted by molar-refractivity contribution is 0.0953. The Labute approximate surface area is 114 Å². The van der Waals surface area contributed by atoms with Crippen LogP contribution >= 0.6 is 0 Å². The third-order valence-electron chi connectivity index (χ3n) is 3.47. The Bertz CT molecular complexity index is 760. The summed E-state index contributed by atoms with van der Waals surface area (Å²) in [6.07, 6.45) is 1.60. The first kappa shape index (κ1) is 11.0. The van der Waals surface area contributed by atoms with Gasteiger partial charge >= 0.3 is 0 Å². The molecule has 1 aromatic carbocycles. The highest BCUT2D eigenvalue weighted by Crippen LogP contribution is 2.36. The summed E-state index contributed by atoms with van der Waals surface area (Å²) in [6, 6.07) is 13.1. The number of furan rings is 1. The number of nitrogens with one attached hydrogen (secondary N) is 2. The molecular formula is C15H11N3O2. The molecule has 1 unspecified atom stereocenters. The number of carbonyl (C=O) groups excluding carboxylic acids is 1. The summed E-state index contributed by atoms with van der Waals surface area (Å²) in [5.41, 5.74) is 3.10. The summed E-state index contributed by atoms with van der Waals surface area (Å²) in [5.74, 6) is 0.548. The second-order valence-corrected chi connectivity index (χ2v) is 4.65. The van der Waals surface area contributed by atoms with Crippen LogP contribution in [0, 0.1) is 0 Å². The molecular weight excluding hydrogens is 254 g/mol. The molecule has 0 spiro atoms. The lowest BCUT2D eigenvalue weighted by Crippen LogP contribution is -2.20. The molecule has 3 heterocycles. The number of aromatic amines is 1. The summed E-state index contributed by atoms with van der Waals surface area (Å²) < 4.78 is 5.43. The molecule has 0 aliphatic carbocycles. The number of carbonyl (C=O) groups is 1. The lowest BCUT2D eigenvalue weighted by Gasteiger charge is -2.09. The molecule has 2 N–H and O–H groups in total. The topological polar surface area (TPSA) is 70.9 Å². The van der Waals surface area contributed by atoms with Gasteiger partial charge < -0.3 is 9.73 Å². The van der Waals surface area contributed by atoms with Gasteiger partial charge in [0.15, 0.2) is 0 Å². The molecule has 1 aliphatic heterocycles. The van der Waals surface area contributed by atoms with Gasteiger partial charge in [-0.2, -0.15) is 5.10 Å². The normalized spacial score (nSPS) is 17.0. The summed E-state index contributed by atoms with van der Waals surface area (Å²) in [6.45, 7) is 0. The van der Waals surface area contributed by atoms with Crippen LogP contribution in [0.1, 0.15) is 27.9 Å². The Kier molecular flexibility index (Phi) is 2.26. The number of amides is 1. The number of aromatic nitrogens is 2. The van der Waals surface area contributed by atoms with Gasteiger partial charge in [0.05, 0.1) is 12.0 Å². The van der Waals surface area contributed by atoms with E-state index in [1.165, 1.54) is 0 Å². The highest BCUT2D eigenvalue weighted by Gasteiger charge is 2.36. The molecule has 0 radical (unpaired) electrons. The zero-order chi connectivity index (χ0) is 13.5. The Hall–Kier alpha value is -2.82. The van der Waals surface area contributed by atoms with Crippen molar-refractivity contribution in [2.45, 2.75) is 6.04 Å². The maximum Gasteiger partial charge on any atom is 0.270 e. The largest absolute Gasteiger partial charge is 0.467 e. The van der Waals surface area contributed by atoms with Crippen LogP contribution in [0.15, 0.2) is 53.1 Å². The van der Waals surface area contributed by atoms with E-state index in [0.717, 1.165) is 16.8 Å². The van der Waals surface area contributed by atoms with Gasteiger partial charge in [0, 0.05) is 11.1 Å². The van der Waals surface area contributed by atoms with Crippen molar-refractivity contribution in [1.82, 2.24) is 15.5 Å². The highest BCUT2D eigenvalue weighted by atomic mass is 16.3. The Morgan fingerprint density at radius 3 is 2.70 bits per heavy atom. The van der Waals surface area contributed by atoms with Gasteiger partial charge in [0.1, 0.15) is 17.5 Å². The Balaban J connectivity index is 1.90. The molecule has 20 heavy (non-hydrogen) atoms. The van der Waals surface area contributed by atoms with E-state index in [9.17, 15) is 4.79 Å². The van der Waals surface area contributed by atoms with Gasteiger partial charge in [-0.3, -0.25) is 9.89 Å². The van der Waals surface area contributed by atoms with Crippen molar-refractivity contribution in [3.8, 4) is 11.3 Å². The summed E-state index contributed by atoms with van der Waals surface area (Å²) in [5, 5.41) is 10.0. The zero-order valence-corrected chi connectivity index (χ0v) is 10.5. The van der Waals surface area contributed by atoms with Crippen LogP contribution in [0.4, 0.5) is 0 Å². The average Bonchev–Trinajstić information content (AvgIpc) is 3.18. The second kappa shape index (κ2) is 4.09. The third-order valence-corrected chi connectivity index (χ3v) is 3.47.